The average Bonchev–Trinajstić information content (AvgIpc) is 2.28. The maximum atomic E-state index is 12.7. The van der Waals surface area contributed by atoms with E-state index in [-0.39, 0.29) is 16.2 Å². The molecule has 0 spiro atoms. The van der Waals surface area contributed by atoms with Crippen molar-refractivity contribution < 1.29 is 18.0 Å². The minimum atomic E-state index is -4.46. The highest BCUT2D eigenvalue weighted by Gasteiger charge is 2.32. The Bertz CT molecular complexity index is 514. The van der Waals surface area contributed by atoms with Gasteiger partial charge in [0.2, 0.25) is 5.91 Å². The molecule has 19 heavy (non-hydrogen) atoms. The lowest BCUT2D eigenvalue weighted by atomic mass is 10.1. The van der Waals surface area contributed by atoms with Gasteiger partial charge in [-0.2, -0.15) is 13.2 Å². The first-order chi connectivity index (χ1) is 8.62. The van der Waals surface area contributed by atoms with Crippen molar-refractivity contribution in [1.29, 1.82) is 0 Å². The fourth-order valence-corrected chi connectivity index (χ4v) is 1.49. The van der Waals surface area contributed by atoms with Gasteiger partial charge in [0, 0.05) is 5.69 Å². The predicted octanol–water partition coefficient (Wildman–Crippen LogP) is 2.87. The summed E-state index contributed by atoms with van der Waals surface area (Å²) in [5.41, 5.74) is 4.67. The molecular weight excluding hydrogens is 277 g/mol. The third kappa shape index (κ3) is 3.92. The highest BCUT2D eigenvalue weighted by molar-refractivity contribution is 7.80. The zero-order chi connectivity index (χ0) is 14.8. The molecule has 1 unspecified atom stereocenters. The molecule has 7 heteroatoms. The van der Waals surface area contributed by atoms with Crippen LogP contribution < -0.4 is 11.1 Å². The van der Waals surface area contributed by atoms with Crippen molar-refractivity contribution in [2.45, 2.75) is 20.0 Å². The van der Waals surface area contributed by atoms with Gasteiger partial charge in [-0.1, -0.05) is 18.3 Å². The number of carbonyl (C=O) groups excluding carboxylic acids is 1. The van der Waals surface area contributed by atoms with E-state index in [1.54, 1.807) is 0 Å². The maximum absolute atomic E-state index is 12.7. The smallest absolute Gasteiger partial charge is 0.393 e. The Hall–Kier alpha value is -1.63. The molecule has 0 aliphatic carbocycles. The molecule has 3 N–H and O–H groups in total. The van der Waals surface area contributed by atoms with Crippen LogP contribution in [-0.4, -0.2) is 10.9 Å². The van der Waals surface area contributed by atoms with Crippen molar-refractivity contribution in [2.24, 2.45) is 11.7 Å². The molecule has 0 aliphatic rings. The minimum Gasteiger partial charge on any atom is -0.393 e. The van der Waals surface area contributed by atoms with E-state index in [0.29, 0.717) is 0 Å². The van der Waals surface area contributed by atoms with Crippen molar-refractivity contribution >= 4 is 28.8 Å². The van der Waals surface area contributed by atoms with Gasteiger partial charge < -0.3 is 11.1 Å². The minimum absolute atomic E-state index is 0.0133. The molecule has 0 saturated carbocycles. The molecule has 0 aliphatic heterocycles. The second kappa shape index (κ2) is 5.56. The molecule has 0 radical (unpaired) electrons. The van der Waals surface area contributed by atoms with Gasteiger partial charge >= 0.3 is 6.18 Å². The zero-order valence-electron chi connectivity index (χ0n) is 10.3. The standard InChI is InChI=1S/C12H13F3N2OS/c1-6-3-4-8(5-9(6)12(13,14)15)17-11(18)7(2)10(16)19/h3-5,7H,1-2H3,(H2,16,19)(H,17,18). The number of hydrogen-bond acceptors (Lipinski definition) is 2. The molecule has 3 nitrogen and oxygen atoms in total. The molecule has 1 aromatic rings. The van der Waals surface area contributed by atoms with E-state index in [1.807, 2.05) is 0 Å². The number of thiocarbonyl (C=S) groups is 1. The van der Waals surface area contributed by atoms with Crippen molar-refractivity contribution in [3.8, 4) is 0 Å². The normalized spacial score (nSPS) is 12.9. The fourth-order valence-electron chi connectivity index (χ4n) is 1.38. The lowest BCUT2D eigenvalue weighted by molar-refractivity contribution is -0.138. The summed E-state index contributed by atoms with van der Waals surface area (Å²) < 4.78 is 38.1. The highest BCUT2D eigenvalue weighted by atomic mass is 32.1. The molecule has 1 rings (SSSR count). The third-order valence-electron chi connectivity index (χ3n) is 2.63. The van der Waals surface area contributed by atoms with E-state index in [1.165, 1.54) is 26.0 Å². The van der Waals surface area contributed by atoms with Crippen LogP contribution in [0.1, 0.15) is 18.1 Å². The van der Waals surface area contributed by atoms with E-state index in [0.717, 1.165) is 6.07 Å². The Labute approximate surface area is 114 Å². The van der Waals surface area contributed by atoms with Crippen LogP contribution in [0.4, 0.5) is 18.9 Å². The number of carbonyl (C=O) groups is 1. The second-order valence-electron chi connectivity index (χ2n) is 4.14. The monoisotopic (exact) mass is 290 g/mol. The lowest BCUT2D eigenvalue weighted by Crippen LogP contribution is -2.30. The zero-order valence-corrected chi connectivity index (χ0v) is 11.2. The average molecular weight is 290 g/mol. The molecule has 0 bridgehead atoms. The number of alkyl halides is 3. The van der Waals surface area contributed by atoms with Gasteiger partial charge in [-0.3, -0.25) is 4.79 Å². The SMILES string of the molecule is Cc1ccc(NC(=O)C(C)C(N)=S)cc1C(F)(F)F. The van der Waals surface area contributed by atoms with Crippen LogP contribution in [-0.2, 0) is 11.0 Å². The van der Waals surface area contributed by atoms with Crippen LogP contribution >= 0.6 is 12.2 Å². The highest BCUT2D eigenvalue weighted by Crippen LogP contribution is 2.33. The first-order valence-electron chi connectivity index (χ1n) is 5.41. The van der Waals surface area contributed by atoms with E-state index in [2.05, 4.69) is 17.5 Å². The molecule has 1 aromatic carbocycles. The number of benzene rings is 1. The van der Waals surface area contributed by atoms with Gasteiger partial charge in [-0.15, -0.1) is 0 Å². The number of anilines is 1. The Morgan fingerprint density at radius 1 is 1.42 bits per heavy atom. The number of halogens is 3. The largest absolute Gasteiger partial charge is 0.416 e. The molecule has 0 aromatic heterocycles. The summed E-state index contributed by atoms with van der Waals surface area (Å²) in [5.74, 6) is -1.28. The lowest BCUT2D eigenvalue weighted by Gasteiger charge is -2.14. The number of aryl methyl sites for hydroxylation is 1. The van der Waals surface area contributed by atoms with E-state index in [4.69, 9.17) is 5.73 Å². The first-order valence-corrected chi connectivity index (χ1v) is 5.81. The van der Waals surface area contributed by atoms with Crippen molar-refractivity contribution in [1.82, 2.24) is 0 Å². The van der Waals surface area contributed by atoms with Crippen LogP contribution in [0.5, 0.6) is 0 Å². The van der Waals surface area contributed by atoms with Crippen LogP contribution in [0.15, 0.2) is 18.2 Å². The predicted molar refractivity (Wildman–Crippen MR) is 70.8 cm³/mol. The summed E-state index contributed by atoms with van der Waals surface area (Å²) in [6, 6.07) is 3.58. The number of amides is 1. The van der Waals surface area contributed by atoms with Crippen LogP contribution in [0.3, 0.4) is 0 Å². The van der Waals surface area contributed by atoms with E-state index in [9.17, 15) is 18.0 Å². The Balaban J connectivity index is 2.98. The van der Waals surface area contributed by atoms with Gasteiger partial charge in [0.15, 0.2) is 0 Å². The van der Waals surface area contributed by atoms with Crippen molar-refractivity contribution in [3.63, 3.8) is 0 Å². The van der Waals surface area contributed by atoms with Crippen LogP contribution in [0.25, 0.3) is 0 Å². The van der Waals surface area contributed by atoms with Gasteiger partial charge in [0.05, 0.1) is 16.5 Å². The Morgan fingerprint density at radius 2 is 2.00 bits per heavy atom. The molecule has 0 heterocycles. The van der Waals surface area contributed by atoms with Crippen molar-refractivity contribution in [2.75, 3.05) is 5.32 Å². The molecule has 1 atom stereocenters. The van der Waals surface area contributed by atoms with Crippen LogP contribution in [0, 0.1) is 12.8 Å². The van der Waals surface area contributed by atoms with E-state index < -0.39 is 23.6 Å². The fraction of sp³-hybridized carbons (Fsp3) is 0.333. The molecule has 0 fully saturated rings. The third-order valence-corrected chi connectivity index (χ3v) is 2.98. The number of nitrogens with two attached hydrogens (primary N) is 1. The second-order valence-corrected chi connectivity index (χ2v) is 4.61. The molecule has 0 saturated heterocycles. The summed E-state index contributed by atoms with van der Waals surface area (Å²) in [4.78, 5) is 11.6. The summed E-state index contributed by atoms with van der Waals surface area (Å²) >= 11 is 4.65. The first kappa shape index (κ1) is 15.4. The quantitative estimate of drug-likeness (QED) is 0.842. The van der Waals surface area contributed by atoms with Gasteiger partial charge in [-0.05, 0) is 31.5 Å². The van der Waals surface area contributed by atoms with Gasteiger partial charge in [0.1, 0.15) is 0 Å². The molecule has 104 valence electrons. The van der Waals surface area contributed by atoms with Crippen molar-refractivity contribution in [3.05, 3.63) is 29.3 Å². The Morgan fingerprint density at radius 3 is 2.47 bits per heavy atom. The molecule has 1 amide bonds. The topological polar surface area (TPSA) is 55.1 Å². The number of rotatable bonds is 3. The summed E-state index contributed by atoms with van der Waals surface area (Å²) in [5, 5.41) is 2.36. The summed E-state index contributed by atoms with van der Waals surface area (Å²) in [7, 11) is 0. The summed E-state index contributed by atoms with van der Waals surface area (Å²) in [6.07, 6.45) is -4.46. The maximum Gasteiger partial charge on any atom is 0.416 e. The number of hydrogen-bond donors (Lipinski definition) is 2. The Kier molecular flexibility index (Phi) is 4.52. The van der Waals surface area contributed by atoms with E-state index >= 15 is 0 Å². The summed E-state index contributed by atoms with van der Waals surface area (Å²) in [6.45, 7) is 2.84. The number of nitrogens with one attached hydrogen (secondary N) is 1. The van der Waals surface area contributed by atoms with Gasteiger partial charge in [-0.25, -0.2) is 0 Å². The molecular formula is C12H13F3N2OS. The van der Waals surface area contributed by atoms with Crippen LogP contribution in [0.2, 0.25) is 0 Å². The van der Waals surface area contributed by atoms with Gasteiger partial charge in [0.25, 0.3) is 0 Å².